The molecule has 0 saturated carbocycles. The van der Waals surface area contributed by atoms with E-state index in [0.717, 1.165) is 5.33 Å². The molecule has 1 unspecified atom stereocenters. The molecule has 17 heavy (non-hydrogen) atoms. The summed E-state index contributed by atoms with van der Waals surface area (Å²) < 4.78 is 11.9. The molecule has 1 aromatic rings. The maximum atomic E-state index is 5.96. The minimum Gasteiger partial charge on any atom is -0.394 e. The van der Waals surface area contributed by atoms with Gasteiger partial charge in [0.1, 0.15) is 0 Å². The predicted molar refractivity (Wildman–Crippen MR) is 77.8 cm³/mol. The zero-order valence-corrected chi connectivity index (χ0v) is 13.4. The van der Waals surface area contributed by atoms with Crippen LogP contribution in [0.2, 0.25) is 6.55 Å². The van der Waals surface area contributed by atoms with E-state index in [-0.39, 0.29) is 0 Å². The largest absolute Gasteiger partial charge is 0.394 e. The molecule has 0 amide bonds. The Morgan fingerprint density at radius 3 is 2.06 bits per heavy atom. The molecule has 0 spiro atoms. The molecule has 0 fully saturated rings. The van der Waals surface area contributed by atoms with Crippen molar-refractivity contribution in [2.45, 2.75) is 25.9 Å². The SMILES string of the molecule is CCO[Si](C)(OCC)C(CBr)c1ccccc1. The van der Waals surface area contributed by atoms with Crippen molar-refractivity contribution in [3.8, 4) is 0 Å². The summed E-state index contributed by atoms with van der Waals surface area (Å²) in [5.41, 5.74) is 1.61. The first kappa shape index (κ1) is 14.9. The van der Waals surface area contributed by atoms with Gasteiger partial charge in [-0.15, -0.1) is 0 Å². The van der Waals surface area contributed by atoms with Crippen molar-refractivity contribution in [2.24, 2.45) is 0 Å². The standard InChI is InChI=1S/C13H21BrO2Si/c1-4-15-17(3,16-5-2)13(11-14)12-9-7-6-8-10-12/h6-10,13H,4-5,11H2,1-3H3. The molecule has 0 saturated heterocycles. The first-order valence-electron chi connectivity index (χ1n) is 6.06. The number of hydrogen-bond donors (Lipinski definition) is 0. The van der Waals surface area contributed by atoms with Gasteiger partial charge in [-0.3, -0.25) is 0 Å². The van der Waals surface area contributed by atoms with Crippen molar-refractivity contribution < 1.29 is 8.85 Å². The molecule has 0 aliphatic rings. The van der Waals surface area contributed by atoms with Crippen molar-refractivity contribution in [1.29, 1.82) is 0 Å². The highest BCUT2D eigenvalue weighted by Crippen LogP contribution is 2.30. The Labute approximate surface area is 114 Å². The molecule has 0 aliphatic heterocycles. The maximum absolute atomic E-state index is 5.96. The molecule has 96 valence electrons. The topological polar surface area (TPSA) is 18.5 Å². The number of hydrogen-bond acceptors (Lipinski definition) is 2. The second-order valence-corrected chi connectivity index (χ2v) is 7.95. The van der Waals surface area contributed by atoms with Crippen molar-refractivity contribution in [1.82, 2.24) is 0 Å². The lowest BCUT2D eigenvalue weighted by molar-refractivity contribution is 0.182. The molecular formula is C13H21BrO2Si. The summed E-state index contributed by atoms with van der Waals surface area (Å²) in [6.45, 7) is 7.62. The maximum Gasteiger partial charge on any atom is 0.343 e. The van der Waals surface area contributed by atoms with E-state index in [1.165, 1.54) is 5.56 Å². The third-order valence-corrected chi connectivity index (χ3v) is 7.62. The van der Waals surface area contributed by atoms with Crippen LogP contribution >= 0.6 is 15.9 Å². The van der Waals surface area contributed by atoms with Gasteiger partial charge in [0.15, 0.2) is 0 Å². The van der Waals surface area contributed by atoms with Gasteiger partial charge in [0.25, 0.3) is 0 Å². The summed E-state index contributed by atoms with van der Waals surface area (Å²) in [6, 6.07) is 10.5. The van der Waals surface area contributed by atoms with Crippen LogP contribution in [-0.4, -0.2) is 27.1 Å². The van der Waals surface area contributed by atoms with Crippen LogP contribution in [0.1, 0.15) is 25.0 Å². The molecule has 1 atom stereocenters. The molecule has 0 aromatic heterocycles. The molecular weight excluding hydrogens is 296 g/mol. The van der Waals surface area contributed by atoms with Crippen LogP contribution in [0.3, 0.4) is 0 Å². The van der Waals surface area contributed by atoms with Crippen LogP contribution < -0.4 is 0 Å². The highest BCUT2D eigenvalue weighted by Gasteiger charge is 2.41. The molecule has 1 rings (SSSR count). The quantitative estimate of drug-likeness (QED) is 0.562. The fourth-order valence-corrected chi connectivity index (χ4v) is 6.88. The van der Waals surface area contributed by atoms with Crippen LogP contribution in [0.4, 0.5) is 0 Å². The summed E-state index contributed by atoms with van der Waals surface area (Å²) in [4.78, 5) is 0. The fourth-order valence-electron chi connectivity index (χ4n) is 2.03. The molecule has 0 heterocycles. The third kappa shape index (κ3) is 3.91. The number of benzene rings is 1. The van der Waals surface area contributed by atoms with Gasteiger partial charge in [0.2, 0.25) is 0 Å². The van der Waals surface area contributed by atoms with E-state index in [0.29, 0.717) is 18.8 Å². The van der Waals surface area contributed by atoms with E-state index >= 15 is 0 Å². The van der Waals surface area contributed by atoms with Gasteiger partial charge in [0, 0.05) is 24.1 Å². The van der Waals surface area contributed by atoms with Gasteiger partial charge in [-0.05, 0) is 26.0 Å². The molecule has 4 heteroatoms. The monoisotopic (exact) mass is 316 g/mol. The first-order chi connectivity index (χ1) is 8.18. The van der Waals surface area contributed by atoms with E-state index < -0.39 is 8.56 Å². The Morgan fingerprint density at radius 1 is 1.12 bits per heavy atom. The van der Waals surface area contributed by atoms with Crippen molar-refractivity contribution in [3.63, 3.8) is 0 Å². The van der Waals surface area contributed by atoms with Crippen LogP contribution in [0.5, 0.6) is 0 Å². The molecule has 0 radical (unpaired) electrons. The van der Waals surface area contributed by atoms with Gasteiger partial charge >= 0.3 is 8.56 Å². The second-order valence-electron chi connectivity index (χ2n) is 4.00. The molecule has 0 N–H and O–H groups in total. The normalized spacial score (nSPS) is 13.6. The second kappa shape index (κ2) is 7.31. The minimum absolute atomic E-state index is 0.323. The van der Waals surface area contributed by atoms with Gasteiger partial charge < -0.3 is 8.85 Å². The zero-order valence-electron chi connectivity index (χ0n) is 10.8. The average Bonchev–Trinajstić information content (AvgIpc) is 2.31. The van der Waals surface area contributed by atoms with Gasteiger partial charge in [-0.25, -0.2) is 0 Å². The lowest BCUT2D eigenvalue weighted by Crippen LogP contribution is -2.46. The van der Waals surface area contributed by atoms with E-state index in [1.807, 2.05) is 19.9 Å². The lowest BCUT2D eigenvalue weighted by Gasteiger charge is -2.33. The number of alkyl halides is 1. The molecule has 1 aromatic carbocycles. The first-order valence-corrected chi connectivity index (χ1v) is 9.58. The summed E-state index contributed by atoms with van der Waals surface area (Å²) in [5.74, 6) is 0. The smallest absolute Gasteiger partial charge is 0.343 e. The highest BCUT2D eigenvalue weighted by atomic mass is 79.9. The Balaban J connectivity index is 2.97. The number of rotatable bonds is 7. The zero-order chi connectivity index (χ0) is 12.7. The van der Waals surface area contributed by atoms with E-state index in [4.69, 9.17) is 8.85 Å². The van der Waals surface area contributed by atoms with Crippen LogP contribution in [0.25, 0.3) is 0 Å². The van der Waals surface area contributed by atoms with E-state index in [9.17, 15) is 0 Å². The van der Waals surface area contributed by atoms with Crippen LogP contribution in [0.15, 0.2) is 30.3 Å². The lowest BCUT2D eigenvalue weighted by atomic mass is 10.2. The van der Waals surface area contributed by atoms with Crippen LogP contribution in [-0.2, 0) is 8.85 Å². The third-order valence-electron chi connectivity index (χ3n) is 2.85. The Bertz CT molecular complexity index is 312. The molecule has 0 bridgehead atoms. The van der Waals surface area contributed by atoms with Gasteiger partial charge in [0.05, 0.1) is 0 Å². The van der Waals surface area contributed by atoms with Crippen molar-refractivity contribution in [2.75, 3.05) is 18.5 Å². The van der Waals surface area contributed by atoms with Gasteiger partial charge in [-0.1, -0.05) is 46.3 Å². The Kier molecular flexibility index (Phi) is 6.41. The van der Waals surface area contributed by atoms with Crippen molar-refractivity contribution in [3.05, 3.63) is 35.9 Å². The summed E-state index contributed by atoms with van der Waals surface area (Å²) >= 11 is 3.60. The fraction of sp³-hybridized carbons (Fsp3) is 0.538. The predicted octanol–water partition coefficient (Wildman–Crippen LogP) is 3.85. The summed E-state index contributed by atoms with van der Waals surface area (Å²) in [7, 11) is -2.17. The summed E-state index contributed by atoms with van der Waals surface area (Å²) in [6.07, 6.45) is 0. The Morgan fingerprint density at radius 2 is 1.65 bits per heavy atom. The Hall–Kier alpha value is -0.163. The molecule has 0 aliphatic carbocycles. The van der Waals surface area contributed by atoms with Crippen LogP contribution in [0, 0.1) is 0 Å². The average molecular weight is 317 g/mol. The van der Waals surface area contributed by atoms with Gasteiger partial charge in [-0.2, -0.15) is 0 Å². The minimum atomic E-state index is -2.17. The highest BCUT2D eigenvalue weighted by molar-refractivity contribution is 9.09. The van der Waals surface area contributed by atoms with E-state index in [2.05, 4.69) is 46.7 Å². The number of halogens is 1. The molecule has 2 nitrogen and oxygen atoms in total. The van der Waals surface area contributed by atoms with E-state index in [1.54, 1.807) is 0 Å². The summed E-state index contributed by atoms with van der Waals surface area (Å²) in [5, 5.41) is 0.875. The van der Waals surface area contributed by atoms with Crippen molar-refractivity contribution >= 4 is 24.5 Å².